The largest absolute Gasteiger partial charge is 0.457 e. The van der Waals surface area contributed by atoms with Gasteiger partial charge in [0.25, 0.3) is 0 Å². The molecule has 8 nitrogen and oxygen atoms in total. The van der Waals surface area contributed by atoms with Crippen LogP contribution >= 0.6 is 11.6 Å². The van der Waals surface area contributed by atoms with Crippen LogP contribution in [0.2, 0.25) is 5.02 Å². The van der Waals surface area contributed by atoms with E-state index in [-0.39, 0.29) is 12.5 Å². The van der Waals surface area contributed by atoms with Crippen molar-refractivity contribution in [2.45, 2.75) is 25.9 Å². The van der Waals surface area contributed by atoms with Gasteiger partial charge in [0.15, 0.2) is 0 Å². The minimum absolute atomic E-state index is 0.114. The summed E-state index contributed by atoms with van der Waals surface area (Å²) in [6.07, 6.45) is 1.39. The van der Waals surface area contributed by atoms with Crippen LogP contribution in [-0.4, -0.2) is 51.0 Å². The average molecular weight is 544 g/mol. The maximum atomic E-state index is 13.6. The molecule has 0 spiro atoms. The van der Waals surface area contributed by atoms with Gasteiger partial charge in [-0.25, -0.2) is 8.42 Å². The molecule has 0 aliphatic heterocycles. The molecule has 1 atom stereocenters. The number of ether oxygens (including phenoxy) is 1. The number of amides is 2. The van der Waals surface area contributed by atoms with Gasteiger partial charge < -0.3 is 15.0 Å². The summed E-state index contributed by atoms with van der Waals surface area (Å²) < 4.78 is 32.2. The highest BCUT2D eigenvalue weighted by molar-refractivity contribution is 7.92. The molecule has 3 rings (SSSR count). The van der Waals surface area contributed by atoms with E-state index in [1.54, 1.807) is 67.6 Å². The molecule has 0 saturated heterocycles. The zero-order valence-electron chi connectivity index (χ0n) is 20.9. The molecular formula is C27H30ClN3O5S. The summed E-state index contributed by atoms with van der Waals surface area (Å²) >= 11 is 5.99. The van der Waals surface area contributed by atoms with Crippen molar-refractivity contribution in [2.75, 3.05) is 24.2 Å². The molecule has 0 aliphatic rings. The molecule has 0 aliphatic carbocycles. The Hall–Kier alpha value is -3.56. The topological polar surface area (TPSA) is 96.0 Å². The lowest BCUT2D eigenvalue weighted by Gasteiger charge is -2.32. The van der Waals surface area contributed by atoms with Gasteiger partial charge in [-0.2, -0.15) is 0 Å². The number of hydrogen-bond donors (Lipinski definition) is 1. The third kappa shape index (κ3) is 7.71. The van der Waals surface area contributed by atoms with E-state index < -0.39 is 28.5 Å². The first kappa shape index (κ1) is 28.0. The molecule has 0 heterocycles. The van der Waals surface area contributed by atoms with Crippen molar-refractivity contribution < 1.29 is 22.7 Å². The number of nitrogens with zero attached hydrogens (tertiary/aromatic N) is 2. The summed E-state index contributed by atoms with van der Waals surface area (Å²) in [4.78, 5) is 27.6. The Bertz CT molecular complexity index is 1300. The van der Waals surface area contributed by atoms with Gasteiger partial charge in [0.05, 0.1) is 11.9 Å². The van der Waals surface area contributed by atoms with Gasteiger partial charge in [-0.1, -0.05) is 48.9 Å². The van der Waals surface area contributed by atoms with E-state index in [1.165, 1.54) is 11.9 Å². The Morgan fingerprint density at radius 1 is 0.946 bits per heavy atom. The lowest BCUT2D eigenvalue weighted by molar-refractivity contribution is -0.140. The monoisotopic (exact) mass is 543 g/mol. The number of carbonyl (C=O) groups excluding carboxylic acids is 2. The lowest BCUT2D eigenvalue weighted by atomic mass is 10.1. The van der Waals surface area contributed by atoms with Crippen LogP contribution in [-0.2, 0) is 26.2 Å². The van der Waals surface area contributed by atoms with Crippen LogP contribution in [0.15, 0.2) is 78.9 Å². The van der Waals surface area contributed by atoms with Crippen molar-refractivity contribution in [3.05, 3.63) is 89.4 Å². The lowest BCUT2D eigenvalue weighted by Crippen LogP contribution is -2.51. The SMILES string of the molecule is CC[C@H](C(=O)NC)N(Cc1ccc(Cl)cc1)C(=O)CN(c1ccc(Oc2ccccc2)cc1)S(C)(=O)=O. The highest BCUT2D eigenvalue weighted by atomic mass is 35.5. The fourth-order valence-corrected chi connectivity index (χ4v) is 4.77. The number of hydrogen-bond acceptors (Lipinski definition) is 5. The van der Waals surface area contributed by atoms with E-state index in [0.29, 0.717) is 28.6 Å². The first-order valence-electron chi connectivity index (χ1n) is 11.7. The summed E-state index contributed by atoms with van der Waals surface area (Å²) in [5.41, 5.74) is 1.06. The summed E-state index contributed by atoms with van der Waals surface area (Å²) in [5, 5.41) is 3.13. The summed E-state index contributed by atoms with van der Waals surface area (Å²) in [6, 6.07) is 21.7. The number of benzene rings is 3. The molecular weight excluding hydrogens is 514 g/mol. The molecule has 3 aromatic rings. The summed E-state index contributed by atoms with van der Waals surface area (Å²) in [7, 11) is -2.33. The molecule has 0 unspecified atom stereocenters. The van der Waals surface area contributed by atoms with E-state index in [4.69, 9.17) is 16.3 Å². The number of likely N-dealkylation sites (N-methyl/N-ethyl adjacent to an activating group) is 1. The van der Waals surface area contributed by atoms with Crippen molar-refractivity contribution in [3.63, 3.8) is 0 Å². The Morgan fingerprint density at radius 3 is 2.08 bits per heavy atom. The first-order chi connectivity index (χ1) is 17.6. The van der Waals surface area contributed by atoms with Gasteiger partial charge in [-0.15, -0.1) is 0 Å². The Labute approximate surface area is 222 Å². The number of para-hydroxylation sites is 1. The van der Waals surface area contributed by atoms with E-state index >= 15 is 0 Å². The predicted octanol–water partition coefficient (Wildman–Crippen LogP) is 4.45. The van der Waals surface area contributed by atoms with Crippen LogP contribution < -0.4 is 14.4 Å². The van der Waals surface area contributed by atoms with Gasteiger partial charge in [0.1, 0.15) is 24.1 Å². The van der Waals surface area contributed by atoms with Crippen LogP contribution in [0.4, 0.5) is 5.69 Å². The van der Waals surface area contributed by atoms with E-state index in [0.717, 1.165) is 16.1 Å². The van der Waals surface area contributed by atoms with Crippen LogP contribution in [0.25, 0.3) is 0 Å². The van der Waals surface area contributed by atoms with Gasteiger partial charge in [-0.3, -0.25) is 13.9 Å². The quantitative estimate of drug-likeness (QED) is 0.385. The van der Waals surface area contributed by atoms with Crippen LogP contribution in [0.3, 0.4) is 0 Å². The maximum Gasteiger partial charge on any atom is 0.244 e. The molecule has 0 fully saturated rings. The van der Waals surface area contributed by atoms with E-state index in [9.17, 15) is 18.0 Å². The minimum Gasteiger partial charge on any atom is -0.457 e. The molecule has 0 radical (unpaired) electrons. The van der Waals surface area contributed by atoms with Crippen molar-refractivity contribution in [2.24, 2.45) is 0 Å². The highest BCUT2D eigenvalue weighted by Gasteiger charge is 2.31. The number of rotatable bonds is 11. The molecule has 1 N–H and O–H groups in total. The third-order valence-corrected chi connectivity index (χ3v) is 7.07. The molecule has 10 heteroatoms. The fraction of sp³-hybridized carbons (Fsp3) is 0.259. The average Bonchev–Trinajstić information content (AvgIpc) is 2.88. The number of halogens is 1. The normalized spacial score (nSPS) is 11.9. The highest BCUT2D eigenvalue weighted by Crippen LogP contribution is 2.26. The molecule has 2 amide bonds. The second-order valence-electron chi connectivity index (χ2n) is 8.37. The zero-order valence-corrected chi connectivity index (χ0v) is 22.5. The number of anilines is 1. The van der Waals surface area contributed by atoms with Crippen molar-refractivity contribution >= 4 is 39.1 Å². The minimum atomic E-state index is -3.83. The summed E-state index contributed by atoms with van der Waals surface area (Å²) in [6.45, 7) is 1.43. The second-order valence-corrected chi connectivity index (χ2v) is 10.7. The molecule has 0 saturated carbocycles. The Morgan fingerprint density at radius 2 is 1.54 bits per heavy atom. The van der Waals surface area contributed by atoms with Crippen molar-refractivity contribution in [1.82, 2.24) is 10.2 Å². The fourth-order valence-electron chi connectivity index (χ4n) is 3.79. The van der Waals surface area contributed by atoms with Crippen LogP contribution in [0.5, 0.6) is 11.5 Å². The van der Waals surface area contributed by atoms with Gasteiger partial charge in [-0.05, 0) is 60.5 Å². The Balaban J connectivity index is 1.87. The summed E-state index contributed by atoms with van der Waals surface area (Å²) in [5.74, 6) is 0.311. The molecule has 3 aromatic carbocycles. The van der Waals surface area contributed by atoms with E-state index in [2.05, 4.69) is 5.32 Å². The third-order valence-electron chi connectivity index (χ3n) is 5.68. The second kappa shape index (κ2) is 12.6. The number of sulfonamides is 1. The van der Waals surface area contributed by atoms with Crippen molar-refractivity contribution in [1.29, 1.82) is 0 Å². The first-order valence-corrected chi connectivity index (χ1v) is 13.9. The van der Waals surface area contributed by atoms with Gasteiger partial charge in [0.2, 0.25) is 21.8 Å². The van der Waals surface area contributed by atoms with Gasteiger partial charge >= 0.3 is 0 Å². The maximum absolute atomic E-state index is 13.6. The zero-order chi connectivity index (χ0) is 27.0. The van der Waals surface area contributed by atoms with E-state index in [1.807, 2.05) is 18.2 Å². The van der Waals surface area contributed by atoms with Crippen LogP contribution in [0.1, 0.15) is 18.9 Å². The smallest absolute Gasteiger partial charge is 0.244 e. The molecule has 37 heavy (non-hydrogen) atoms. The number of carbonyl (C=O) groups is 2. The van der Waals surface area contributed by atoms with Crippen LogP contribution in [0, 0.1) is 0 Å². The Kier molecular flexibility index (Phi) is 9.54. The molecule has 0 bridgehead atoms. The predicted molar refractivity (Wildman–Crippen MR) is 145 cm³/mol. The van der Waals surface area contributed by atoms with Gasteiger partial charge in [0, 0.05) is 18.6 Å². The molecule has 0 aromatic heterocycles. The number of nitrogens with one attached hydrogen (secondary N) is 1. The molecule has 196 valence electrons. The van der Waals surface area contributed by atoms with Crippen molar-refractivity contribution in [3.8, 4) is 11.5 Å². The standard InChI is InChI=1S/C27H30ClN3O5S/c1-4-25(27(33)29-2)30(18-20-10-12-21(28)13-11-20)26(32)19-31(37(3,34)35)22-14-16-24(17-15-22)36-23-8-6-5-7-9-23/h5-17,25H,4,18-19H2,1-3H3,(H,29,33)/t25-/m1/s1.